The maximum absolute atomic E-state index is 12.4. The van der Waals surface area contributed by atoms with Crippen LogP contribution in [0.1, 0.15) is 10.7 Å². The first kappa shape index (κ1) is 18.6. The van der Waals surface area contributed by atoms with Crippen LogP contribution in [-0.4, -0.2) is 9.97 Å². The molecule has 0 radical (unpaired) electrons. The van der Waals surface area contributed by atoms with Crippen molar-refractivity contribution in [1.82, 2.24) is 9.97 Å². The summed E-state index contributed by atoms with van der Waals surface area (Å²) in [6, 6.07) is 18.9. The molecule has 1 N–H and O–H groups in total. The van der Waals surface area contributed by atoms with E-state index in [2.05, 4.69) is 32.0 Å². The van der Waals surface area contributed by atoms with Crippen LogP contribution in [-0.2, 0) is 0 Å². The number of fused-ring (bicyclic) bond motifs is 1. The molecule has 0 amide bonds. The largest absolute Gasteiger partial charge is 0.305 e. The van der Waals surface area contributed by atoms with E-state index in [4.69, 9.17) is 11.6 Å². The van der Waals surface area contributed by atoms with Gasteiger partial charge in [0, 0.05) is 24.8 Å². The van der Waals surface area contributed by atoms with Crippen LogP contribution in [0.25, 0.3) is 33.0 Å². The van der Waals surface area contributed by atoms with Crippen LogP contribution in [0.15, 0.2) is 63.9 Å². The molecule has 0 bridgehead atoms. The molecule has 0 aliphatic rings. The Bertz CT molecular complexity index is 1330. The summed E-state index contributed by atoms with van der Waals surface area (Å²) in [7, 11) is 0. The second-order valence-corrected chi connectivity index (χ2v) is 8.37. The van der Waals surface area contributed by atoms with Gasteiger partial charge in [0.15, 0.2) is 5.82 Å². The molecule has 0 unspecified atom stereocenters. The van der Waals surface area contributed by atoms with Crippen molar-refractivity contribution < 1.29 is 0 Å². The van der Waals surface area contributed by atoms with Gasteiger partial charge >= 0.3 is 0 Å². The molecule has 4 aromatic rings. The lowest BCUT2D eigenvalue weighted by atomic mass is 10.2. The number of aromatic amines is 1. The van der Waals surface area contributed by atoms with Gasteiger partial charge in [-0.3, -0.25) is 4.79 Å². The van der Waals surface area contributed by atoms with Crippen LogP contribution in [0.3, 0.4) is 0 Å². The number of allylic oxidation sites excluding steroid dienone is 1. The maximum atomic E-state index is 12.4. The second-order valence-electron chi connectivity index (χ2n) is 5.93. The Kier molecular flexibility index (Phi) is 5.14. The average molecular weight is 469 g/mol. The standard InChI is InChI=1S/C21H11BrClN3OS/c22-13-5-7-18-16(10-13)21(27)26-20(25-18)12(11-24)9-14-6-8-19(28-14)15-3-1-2-4-17(15)23/h1-10H,(H,25,26,27)/b12-9+. The third kappa shape index (κ3) is 3.65. The zero-order valence-electron chi connectivity index (χ0n) is 14.2. The number of nitrogens with zero attached hydrogens (tertiary/aromatic N) is 2. The minimum absolute atomic E-state index is 0.245. The zero-order valence-corrected chi connectivity index (χ0v) is 17.4. The van der Waals surface area contributed by atoms with Gasteiger partial charge in [0.05, 0.1) is 16.5 Å². The summed E-state index contributed by atoms with van der Waals surface area (Å²) in [5.74, 6) is 0.245. The molecule has 0 fully saturated rings. The lowest BCUT2D eigenvalue weighted by Crippen LogP contribution is -2.11. The quantitative estimate of drug-likeness (QED) is 0.368. The first-order chi connectivity index (χ1) is 13.5. The van der Waals surface area contributed by atoms with Gasteiger partial charge in [-0.25, -0.2) is 4.98 Å². The highest BCUT2D eigenvalue weighted by Gasteiger charge is 2.11. The molecule has 4 rings (SSSR count). The third-order valence-corrected chi connectivity index (χ3v) is 5.98. The molecule has 2 aromatic heterocycles. The molecule has 0 spiro atoms. The molecule has 0 atom stereocenters. The fraction of sp³-hybridized carbons (Fsp3) is 0. The molecule has 0 saturated heterocycles. The van der Waals surface area contributed by atoms with Crippen LogP contribution >= 0.6 is 38.9 Å². The summed E-state index contributed by atoms with van der Waals surface area (Å²) < 4.78 is 0.793. The first-order valence-electron chi connectivity index (χ1n) is 8.21. The lowest BCUT2D eigenvalue weighted by molar-refractivity contribution is 1.13. The Morgan fingerprint density at radius 1 is 1.21 bits per heavy atom. The smallest absolute Gasteiger partial charge is 0.259 e. The average Bonchev–Trinajstić information content (AvgIpc) is 3.15. The Morgan fingerprint density at radius 3 is 2.82 bits per heavy atom. The van der Waals surface area contributed by atoms with E-state index in [1.807, 2.05) is 42.5 Å². The zero-order chi connectivity index (χ0) is 19.7. The fourth-order valence-electron chi connectivity index (χ4n) is 2.77. The van der Waals surface area contributed by atoms with Gasteiger partial charge in [-0.1, -0.05) is 45.7 Å². The SMILES string of the molecule is N#C/C(=C\c1ccc(-c2ccccc2Cl)s1)c1nc2ccc(Br)cc2c(=O)[nH]1. The number of aromatic nitrogens is 2. The van der Waals surface area contributed by atoms with Crippen molar-refractivity contribution in [3.63, 3.8) is 0 Å². The molecule has 28 heavy (non-hydrogen) atoms. The number of nitriles is 1. The molecule has 136 valence electrons. The van der Waals surface area contributed by atoms with Crippen molar-refractivity contribution in [2.75, 3.05) is 0 Å². The van der Waals surface area contributed by atoms with E-state index in [0.717, 1.165) is 19.8 Å². The van der Waals surface area contributed by atoms with Gasteiger partial charge in [-0.2, -0.15) is 5.26 Å². The molecular weight excluding hydrogens is 458 g/mol. The number of halogens is 2. The van der Waals surface area contributed by atoms with Gasteiger partial charge < -0.3 is 4.98 Å². The topological polar surface area (TPSA) is 69.5 Å². The molecule has 7 heteroatoms. The van der Waals surface area contributed by atoms with E-state index in [1.165, 1.54) is 11.3 Å². The van der Waals surface area contributed by atoms with Crippen LogP contribution in [0.4, 0.5) is 0 Å². The van der Waals surface area contributed by atoms with Crippen molar-refractivity contribution in [3.8, 4) is 16.5 Å². The number of thiophene rings is 1. The second kappa shape index (κ2) is 7.72. The van der Waals surface area contributed by atoms with E-state index >= 15 is 0 Å². The third-order valence-electron chi connectivity index (χ3n) is 4.10. The van der Waals surface area contributed by atoms with Gasteiger partial charge in [-0.15, -0.1) is 11.3 Å². The predicted molar refractivity (Wildman–Crippen MR) is 118 cm³/mol. The summed E-state index contributed by atoms with van der Waals surface area (Å²) in [4.78, 5) is 21.4. The van der Waals surface area contributed by atoms with Crippen molar-refractivity contribution in [2.45, 2.75) is 0 Å². The molecule has 0 aliphatic heterocycles. The van der Waals surface area contributed by atoms with Crippen LogP contribution in [0.5, 0.6) is 0 Å². The highest BCUT2D eigenvalue weighted by molar-refractivity contribution is 9.10. The highest BCUT2D eigenvalue weighted by Crippen LogP contribution is 2.34. The van der Waals surface area contributed by atoms with Gasteiger partial charge in [0.1, 0.15) is 6.07 Å². The van der Waals surface area contributed by atoms with E-state index < -0.39 is 0 Å². The summed E-state index contributed by atoms with van der Waals surface area (Å²) in [5, 5.41) is 10.8. The van der Waals surface area contributed by atoms with Crippen LogP contribution in [0.2, 0.25) is 5.02 Å². The number of nitrogens with one attached hydrogen (secondary N) is 1. The summed E-state index contributed by atoms with van der Waals surface area (Å²) in [5.41, 5.74) is 1.47. The summed E-state index contributed by atoms with van der Waals surface area (Å²) in [6.07, 6.45) is 1.72. The first-order valence-corrected chi connectivity index (χ1v) is 10.2. The Balaban J connectivity index is 1.76. The molecule has 0 saturated carbocycles. The molecular formula is C21H11BrClN3OS. The van der Waals surface area contributed by atoms with Crippen molar-refractivity contribution in [2.24, 2.45) is 0 Å². The van der Waals surface area contributed by atoms with Crippen molar-refractivity contribution >= 4 is 61.4 Å². The molecule has 2 aromatic carbocycles. The maximum Gasteiger partial charge on any atom is 0.259 e. The Hall–Kier alpha value is -2.72. The number of hydrogen-bond donors (Lipinski definition) is 1. The molecule has 4 nitrogen and oxygen atoms in total. The number of H-pyrrole nitrogens is 1. The van der Waals surface area contributed by atoms with Gasteiger partial charge in [0.2, 0.25) is 0 Å². The Labute approximate surface area is 177 Å². The summed E-state index contributed by atoms with van der Waals surface area (Å²) >= 11 is 11.1. The van der Waals surface area contributed by atoms with E-state index in [0.29, 0.717) is 15.9 Å². The van der Waals surface area contributed by atoms with Crippen molar-refractivity contribution in [1.29, 1.82) is 5.26 Å². The number of hydrogen-bond acceptors (Lipinski definition) is 4. The monoisotopic (exact) mass is 467 g/mol. The van der Waals surface area contributed by atoms with E-state index in [-0.39, 0.29) is 17.0 Å². The molecule has 2 heterocycles. The highest BCUT2D eigenvalue weighted by atomic mass is 79.9. The van der Waals surface area contributed by atoms with E-state index in [1.54, 1.807) is 18.2 Å². The lowest BCUT2D eigenvalue weighted by Gasteiger charge is -2.02. The predicted octanol–water partition coefficient (Wildman–Crippen LogP) is 6.13. The Morgan fingerprint density at radius 2 is 2.04 bits per heavy atom. The van der Waals surface area contributed by atoms with Gasteiger partial charge in [0.25, 0.3) is 5.56 Å². The normalized spacial score (nSPS) is 11.5. The number of rotatable bonds is 3. The van der Waals surface area contributed by atoms with Crippen LogP contribution < -0.4 is 5.56 Å². The van der Waals surface area contributed by atoms with Crippen molar-refractivity contribution in [3.05, 3.63) is 85.1 Å². The number of benzene rings is 2. The van der Waals surface area contributed by atoms with E-state index in [9.17, 15) is 10.1 Å². The summed E-state index contributed by atoms with van der Waals surface area (Å²) in [6.45, 7) is 0. The fourth-order valence-corrected chi connectivity index (χ4v) is 4.42. The minimum Gasteiger partial charge on any atom is -0.305 e. The van der Waals surface area contributed by atoms with Gasteiger partial charge in [-0.05, 0) is 42.5 Å². The molecule has 0 aliphatic carbocycles. The minimum atomic E-state index is -0.287. The van der Waals surface area contributed by atoms with Crippen LogP contribution in [0, 0.1) is 11.3 Å².